The van der Waals surface area contributed by atoms with Crippen LogP contribution in [0.3, 0.4) is 0 Å². The number of amides is 2. The van der Waals surface area contributed by atoms with Crippen molar-refractivity contribution in [1.82, 2.24) is 24.6 Å². The third-order valence-electron chi connectivity index (χ3n) is 3.27. The highest BCUT2D eigenvalue weighted by Gasteiger charge is 2.08. The van der Waals surface area contributed by atoms with Crippen LogP contribution in [-0.2, 0) is 13.6 Å². The van der Waals surface area contributed by atoms with Gasteiger partial charge in [0.25, 0.3) is 0 Å². The summed E-state index contributed by atoms with van der Waals surface area (Å²) in [5, 5.41) is 10.2. The van der Waals surface area contributed by atoms with Crippen LogP contribution >= 0.6 is 11.6 Å². The highest BCUT2D eigenvalue weighted by atomic mass is 35.5. The Bertz CT molecular complexity index is 825. The zero-order valence-electron chi connectivity index (χ0n) is 12.4. The van der Waals surface area contributed by atoms with Gasteiger partial charge in [0.15, 0.2) is 0 Å². The lowest BCUT2D eigenvalue weighted by atomic mass is 10.3. The summed E-state index contributed by atoms with van der Waals surface area (Å²) < 4.78 is 3.45. The van der Waals surface area contributed by atoms with Crippen molar-refractivity contribution in [2.45, 2.75) is 6.54 Å². The maximum absolute atomic E-state index is 11.9. The summed E-state index contributed by atoms with van der Waals surface area (Å²) in [5.74, 6) is 0.770. The number of nitrogens with zero attached hydrogens (tertiary/aromatic N) is 4. The average molecular weight is 331 g/mol. The first-order chi connectivity index (χ1) is 11.1. The van der Waals surface area contributed by atoms with Gasteiger partial charge in [-0.2, -0.15) is 5.10 Å². The number of anilines is 1. The van der Waals surface area contributed by atoms with Gasteiger partial charge in [-0.3, -0.25) is 0 Å². The van der Waals surface area contributed by atoms with Crippen LogP contribution < -0.4 is 10.6 Å². The molecular formula is C15H15ClN6O. The van der Waals surface area contributed by atoms with Crippen LogP contribution in [-0.4, -0.2) is 25.4 Å². The first kappa shape index (κ1) is 15.1. The fourth-order valence-electron chi connectivity index (χ4n) is 2.06. The monoisotopic (exact) mass is 330 g/mol. The van der Waals surface area contributed by atoms with Crippen LogP contribution in [0.4, 0.5) is 10.5 Å². The molecule has 0 aliphatic heterocycles. The van der Waals surface area contributed by atoms with E-state index in [0.29, 0.717) is 17.3 Å². The first-order valence-corrected chi connectivity index (χ1v) is 7.32. The van der Waals surface area contributed by atoms with Gasteiger partial charge in [0, 0.05) is 19.4 Å². The van der Waals surface area contributed by atoms with Crippen LogP contribution in [0.2, 0.25) is 5.02 Å². The molecule has 1 aromatic carbocycles. The smallest absolute Gasteiger partial charge is 0.319 e. The molecule has 2 amide bonds. The number of hydrogen-bond donors (Lipinski definition) is 2. The standard InChI is InChI=1S/C15H15ClN6O/c1-21-7-6-17-14(21)9-18-15(23)20-11-8-19-22(10-11)13-5-3-2-4-12(13)16/h2-8,10H,9H2,1H3,(H2,18,20,23). The Hall–Kier alpha value is -2.80. The highest BCUT2D eigenvalue weighted by Crippen LogP contribution is 2.20. The molecule has 2 aromatic heterocycles. The number of halogens is 1. The third-order valence-corrected chi connectivity index (χ3v) is 3.59. The normalized spacial score (nSPS) is 10.5. The predicted molar refractivity (Wildman–Crippen MR) is 87.6 cm³/mol. The van der Waals surface area contributed by atoms with Crippen molar-refractivity contribution in [3.63, 3.8) is 0 Å². The third kappa shape index (κ3) is 3.51. The van der Waals surface area contributed by atoms with Crippen molar-refractivity contribution in [1.29, 1.82) is 0 Å². The Morgan fingerprint density at radius 2 is 2.17 bits per heavy atom. The second kappa shape index (κ2) is 6.53. The molecule has 2 heterocycles. The number of nitrogens with one attached hydrogen (secondary N) is 2. The van der Waals surface area contributed by atoms with E-state index in [-0.39, 0.29) is 6.03 Å². The number of carbonyl (C=O) groups excluding carboxylic acids is 1. The molecule has 3 rings (SSSR count). The van der Waals surface area contributed by atoms with Crippen molar-refractivity contribution in [2.24, 2.45) is 7.05 Å². The fraction of sp³-hybridized carbons (Fsp3) is 0.133. The molecule has 0 aliphatic carbocycles. The Balaban J connectivity index is 1.62. The van der Waals surface area contributed by atoms with Gasteiger partial charge >= 0.3 is 6.03 Å². The Labute approximate surface area is 137 Å². The average Bonchev–Trinajstić information content (AvgIpc) is 3.15. The predicted octanol–water partition coefficient (Wildman–Crippen LogP) is 2.58. The zero-order valence-corrected chi connectivity index (χ0v) is 13.2. The molecule has 0 unspecified atom stereocenters. The van der Waals surface area contributed by atoms with Gasteiger partial charge in [-0.1, -0.05) is 23.7 Å². The minimum Gasteiger partial charge on any atom is -0.337 e. The number of para-hydroxylation sites is 1. The lowest BCUT2D eigenvalue weighted by molar-refractivity contribution is 0.251. The largest absolute Gasteiger partial charge is 0.337 e. The maximum Gasteiger partial charge on any atom is 0.319 e. The van der Waals surface area contributed by atoms with Crippen LogP contribution in [0.25, 0.3) is 5.69 Å². The highest BCUT2D eigenvalue weighted by molar-refractivity contribution is 6.32. The number of benzene rings is 1. The molecule has 0 saturated heterocycles. The number of hydrogen-bond acceptors (Lipinski definition) is 3. The van der Waals surface area contributed by atoms with Crippen molar-refractivity contribution >= 4 is 23.3 Å². The van der Waals surface area contributed by atoms with Crippen LogP contribution in [0, 0.1) is 0 Å². The van der Waals surface area contributed by atoms with Gasteiger partial charge in [0.2, 0.25) is 0 Å². The van der Waals surface area contributed by atoms with Crippen LogP contribution in [0.1, 0.15) is 5.82 Å². The molecule has 0 aliphatic rings. The van der Waals surface area contributed by atoms with E-state index in [4.69, 9.17) is 11.6 Å². The van der Waals surface area contributed by atoms with Gasteiger partial charge in [0.05, 0.1) is 35.3 Å². The van der Waals surface area contributed by atoms with E-state index in [9.17, 15) is 4.79 Å². The SMILES string of the molecule is Cn1ccnc1CNC(=O)Nc1cnn(-c2ccccc2Cl)c1. The molecule has 0 saturated carbocycles. The van der Waals surface area contributed by atoms with Gasteiger partial charge < -0.3 is 15.2 Å². The van der Waals surface area contributed by atoms with Crippen molar-refractivity contribution in [2.75, 3.05) is 5.32 Å². The molecule has 8 heteroatoms. The molecule has 0 radical (unpaired) electrons. The maximum atomic E-state index is 11.9. The number of aromatic nitrogens is 4. The molecule has 0 spiro atoms. The number of carbonyl (C=O) groups is 1. The van der Waals surface area contributed by atoms with E-state index >= 15 is 0 Å². The van der Waals surface area contributed by atoms with Crippen molar-refractivity contribution in [3.8, 4) is 5.69 Å². The minimum absolute atomic E-state index is 0.327. The van der Waals surface area contributed by atoms with Crippen LogP contribution in [0.15, 0.2) is 49.1 Å². The second-order valence-electron chi connectivity index (χ2n) is 4.89. The van der Waals surface area contributed by atoms with Gasteiger partial charge in [-0.05, 0) is 12.1 Å². The summed E-state index contributed by atoms with van der Waals surface area (Å²) in [4.78, 5) is 16.0. The molecule has 0 atom stereocenters. The second-order valence-corrected chi connectivity index (χ2v) is 5.29. The molecule has 2 N–H and O–H groups in total. The molecular weight excluding hydrogens is 316 g/mol. The van der Waals surface area contributed by atoms with E-state index in [1.54, 1.807) is 29.3 Å². The van der Waals surface area contributed by atoms with Gasteiger partial charge in [0.1, 0.15) is 5.82 Å². The molecule has 0 fully saturated rings. The summed E-state index contributed by atoms with van der Waals surface area (Å²) >= 11 is 6.13. The fourth-order valence-corrected chi connectivity index (χ4v) is 2.28. The van der Waals surface area contributed by atoms with E-state index in [0.717, 1.165) is 11.5 Å². The summed E-state index contributed by atoms with van der Waals surface area (Å²) in [7, 11) is 1.87. The first-order valence-electron chi connectivity index (χ1n) is 6.94. The van der Waals surface area contributed by atoms with E-state index in [1.807, 2.05) is 36.0 Å². The topological polar surface area (TPSA) is 76.8 Å². The molecule has 3 aromatic rings. The van der Waals surface area contributed by atoms with Crippen molar-refractivity contribution < 1.29 is 4.79 Å². The van der Waals surface area contributed by atoms with E-state index < -0.39 is 0 Å². The lowest BCUT2D eigenvalue weighted by Crippen LogP contribution is -2.29. The minimum atomic E-state index is -0.327. The summed E-state index contributed by atoms with van der Waals surface area (Å²) in [6, 6.07) is 7.02. The Morgan fingerprint density at radius 1 is 1.35 bits per heavy atom. The summed E-state index contributed by atoms with van der Waals surface area (Å²) in [5.41, 5.74) is 1.32. The number of imidazole rings is 1. The summed E-state index contributed by atoms with van der Waals surface area (Å²) in [6.07, 6.45) is 6.76. The Morgan fingerprint density at radius 3 is 2.91 bits per heavy atom. The molecule has 23 heavy (non-hydrogen) atoms. The summed E-state index contributed by atoms with van der Waals surface area (Å²) in [6.45, 7) is 0.341. The van der Waals surface area contributed by atoms with E-state index in [2.05, 4.69) is 20.7 Å². The quantitative estimate of drug-likeness (QED) is 0.772. The van der Waals surface area contributed by atoms with Crippen LogP contribution in [0.5, 0.6) is 0 Å². The lowest BCUT2D eigenvalue weighted by Gasteiger charge is -2.06. The molecule has 0 bridgehead atoms. The van der Waals surface area contributed by atoms with Crippen molar-refractivity contribution in [3.05, 3.63) is 59.9 Å². The molecule has 118 valence electrons. The van der Waals surface area contributed by atoms with Gasteiger partial charge in [-0.25, -0.2) is 14.5 Å². The van der Waals surface area contributed by atoms with E-state index in [1.165, 1.54) is 0 Å². The number of urea groups is 1. The number of rotatable bonds is 4. The number of aryl methyl sites for hydroxylation is 1. The molecule has 7 nitrogen and oxygen atoms in total. The zero-order chi connectivity index (χ0) is 16.2. The van der Waals surface area contributed by atoms with Gasteiger partial charge in [-0.15, -0.1) is 0 Å². The Kier molecular flexibility index (Phi) is 4.29.